The number of nitrogens with zero attached hydrogens (tertiary/aromatic N) is 2. The third-order valence-corrected chi connectivity index (χ3v) is 4.01. The largest absolute Gasteiger partial charge is 0.452 e. The normalized spacial score (nSPS) is 9.89. The lowest BCUT2D eigenvalue weighted by atomic mass is 10.1. The highest BCUT2D eigenvalue weighted by atomic mass is 16.5. The number of anilines is 1. The van der Waals surface area contributed by atoms with E-state index in [0.717, 1.165) is 0 Å². The van der Waals surface area contributed by atoms with Gasteiger partial charge in [0.05, 0.1) is 17.2 Å². The third-order valence-electron chi connectivity index (χ3n) is 4.01. The van der Waals surface area contributed by atoms with Crippen molar-refractivity contribution in [2.24, 2.45) is 0 Å². The Hall–Kier alpha value is -3.66. The van der Waals surface area contributed by atoms with Gasteiger partial charge in [-0.1, -0.05) is 12.1 Å². The Morgan fingerprint density at radius 2 is 1.71 bits per heavy atom. The monoisotopic (exact) mass is 379 g/mol. The highest BCUT2D eigenvalue weighted by Crippen LogP contribution is 2.13. The van der Waals surface area contributed by atoms with E-state index in [-0.39, 0.29) is 11.5 Å². The summed E-state index contributed by atoms with van der Waals surface area (Å²) >= 11 is 0. The maximum Gasteiger partial charge on any atom is 0.338 e. The molecule has 1 N–H and O–H groups in total. The zero-order chi connectivity index (χ0) is 20.5. The Bertz CT molecular complexity index is 914. The first-order chi connectivity index (χ1) is 13.5. The molecule has 2 rings (SSSR count). The number of carbonyl (C=O) groups is 3. The first-order valence-electron chi connectivity index (χ1n) is 8.85. The zero-order valence-electron chi connectivity index (χ0n) is 15.8. The van der Waals surface area contributed by atoms with Crippen LogP contribution in [0.5, 0.6) is 0 Å². The minimum Gasteiger partial charge on any atom is -0.452 e. The Morgan fingerprint density at radius 3 is 2.39 bits per heavy atom. The summed E-state index contributed by atoms with van der Waals surface area (Å²) in [5.41, 5.74) is 1.42. The van der Waals surface area contributed by atoms with Gasteiger partial charge < -0.3 is 15.0 Å². The minimum absolute atomic E-state index is 0.120. The van der Waals surface area contributed by atoms with E-state index in [1.807, 2.05) is 19.9 Å². The second kappa shape index (κ2) is 9.88. The number of amides is 2. The fourth-order valence-electron chi connectivity index (χ4n) is 2.55. The molecule has 0 unspecified atom stereocenters. The maximum atomic E-state index is 12.4. The molecular formula is C21H21N3O4. The van der Waals surface area contributed by atoms with Gasteiger partial charge in [0.15, 0.2) is 6.61 Å². The van der Waals surface area contributed by atoms with Crippen LogP contribution < -0.4 is 5.32 Å². The Kier molecular flexibility index (Phi) is 7.28. The number of hydrogen-bond acceptors (Lipinski definition) is 5. The van der Waals surface area contributed by atoms with Crippen LogP contribution in [-0.4, -0.2) is 42.4 Å². The lowest BCUT2D eigenvalue weighted by Gasteiger charge is -2.19. The molecule has 0 saturated heterocycles. The van der Waals surface area contributed by atoms with E-state index in [1.54, 1.807) is 41.3 Å². The van der Waals surface area contributed by atoms with E-state index in [2.05, 4.69) is 5.32 Å². The van der Waals surface area contributed by atoms with Crippen molar-refractivity contribution in [3.8, 4) is 6.07 Å². The van der Waals surface area contributed by atoms with Crippen LogP contribution in [0.15, 0.2) is 48.5 Å². The lowest BCUT2D eigenvalue weighted by molar-refractivity contribution is -0.119. The fraction of sp³-hybridized carbons (Fsp3) is 0.238. The standard InChI is InChI=1S/C21H21N3O4/c1-3-24(4-2)20(26)16-8-6-10-18(12-16)23-19(25)14-28-21(27)17-9-5-7-15(11-17)13-22/h5-12H,3-4,14H2,1-2H3,(H,23,25). The number of carbonyl (C=O) groups excluding carboxylic acids is 3. The molecule has 0 saturated carbocycles. The highest BCUT2D eigenvalue weighted by molar-refractivity contribution is 5.98. The zero-order valence-corrected chi connectivity index (χ0v) is 15.8. The van der Waals surface area contributed by atoms with Crippen molar-refractivity contribution in [1.29, 1.82) is 5.26 Å². The summed E-state index contributed by atoms with van der Waals surface area (Å²) < 4.78 is 4.98. The Labute approximate surface area is 163 Å². The fourth-order valence-corrected chi connectivity index (χ4v) is 2.55. The van der Waals surface area contributed by atoms with Gasteiger partial charge >= 0.3 is 5.97 Å². The topological polar surface area (TPSA) is 99.5 Å². The maximum absolute atomic E-state index is 12.4. The molecule has 0 aliphatic carbocycles. The molecule has 0 atom stereocenters. The predicted molar refractivity (Wildman–Crippen MR) is 104 cm³/mol. The van der Waals surface area contributed by atoms with Gasteiger partial charge in [0.2, 0.25) is 0 Å². The number of nitrogens with one attached hydrogen (secondary N) is 1. The number of hydrogen-bond donors (Lipinski definition) is 1. The average Bonchev–Trinajstić information content (AvgIpc) is 2.73. The van der Waals surface area contributed by atoms with Crippen molar-refractivity contribution >= 4 is 23.5 Å². The van der Waals surface area contributed by atoms with E-state index in [9.17, 15) is 14.4 Å². The molecule has 0 fully saturated rings. The summed E-state index contributed by atoms with van der Waals surface area (Å²) in [7, 11) is 0. The van der Waals surface area contributed by atoms with Crippen molar-refractivity contribution in [1.82, 2.24) is 4.90 Å². The van der Waals surface area contributed by atoms with Crippen molar-refractivity contribution in [3.05, 3.63) is 65.2 Å². The second-order valence-corrected chi connectivity index (χ2v) is 5.88. The van der Waals surface area contributed by atoms with Crippen LogP contribution in [-0.2, 0) is 9.53 Å². The van der Waals surface area contributed by atoms with Crippen molar-refractivity contribution in [3.63, 3.8) is 0 Å². The van der Waals surface area contributed by atoms with E-state index >= 15 is 0 Å². The first kappa shape index (κ1) is 20.6. The average molecular weight is 379 g/mol. The second-order valence-electron chi connectivity index (χ2n) is 5.88. The third kappa shape index (κ3) is 5.42. The van der Waals surface area contributed by atoms with E-state index in [4.69, 9.17) is 10.00 Å². The SMILES string of the molecule is CCN(CC)C(=O)c1cccc(NC(=O)COC(=O)c2cccc(C#N)c2)c1. The summed E-state index contributed by atoms with van der Waals surface area (Å²) in [5.74, 6) is -1.35. The number of ether oxygens (including phenoxy) is 1. The lowest BCUT2D eigenvalue weighted by Crippen LogP contribution is -2.30. The molecule has 144 valence electrons. The van der Waals surface area contributed by atoms with Crippen LogP contribution in [0.25, 0.3) is 0 Å². The molecule has 7 nitrogen and oxygen atoms in total. The molecule has 2 amide bonds. The molecule has 0 aromatic heterocycles. The molecule has 0 heterocycles. The molecule has 0 spiro atoms. The van der Waals surface area contributed by atoms with Crippen LogP contribution in [0, 0.1) is 11.3 Å². The molecule has 0 radical (unpaired) electrons. The number of nitriles is 1. The van der Waals surface area contributed by atoms with Crippen molar-refractivity contribution < 1.29 is 19.1 Å². The number of esters is 1. The van der Waals surface area contributed by atoms with Gasteiger partial charge in [-0.2, -0.15) is 5.26 Å². The smallest absolute Gasteiger partial charge is 0.338 e. The molecule has 0 bridgehead atoms. The van der Waals surface area contributed by atoms with Crippen molar-refractivity contribution in [2.75, 3.05) is 25.0 Å². The van der Waals surface area contributed by atoms with Gasteiger partial charge in [0.25, 0.3) is 11.8 Å². The summed E-state index contributed by atoms with van der Waals surface area (Å²) in [6, 6.07) is 14.5. The summed E-state index contributed by atoms with van der Waals surface area (Å²) in [6.07, 6.45) is 0. The van der Waals surface area contributed by atoms with Gasteiger partial charge in [-0.05, 0) is 50.2 Å². The van der Waals surface area contributed by atoms with Crippen molar-refractivity contribution in [2.45, 2.75) is 13.8 Å². The van der Waals surface area contributed by atoms with Crippen LogP contribution in [0.4, 0.5) is 5.69 Å². The quantitative estimate of drug-likeness (QED) is 0.746. The molecular weight excluding hydrogens is 358 g/mol. The van der Waals surface area contributed by atoms with Gasteiger partial charge in [-0.25, -0.2) is 4.79 Å². The molecule has 2 aromatic carbocycles. The van der Waals surface area contributed by atoms with Gasteiger partial charge in [-0.15, -0.1) is 0 Å². The molecule has 0 aliphatic rings. The molecule has 2 aromatic rings. The summed E-state index contributed by atoms with van der Waals surface area (Å²) in [4.78, 5) is 38.1. The van der Waals surface area contributed by atoms with Gasteiger partial charge in [0, 0.05) is 24.3 Å². The Morgan fingerprint density at radius 1 is 1.04 bits per heavy atom. The molecule has 7 heteroatoms. The molecule has 28 heavy (non-hydrogen) atoms. The van der Waals surface area contributed by atoms with Crippen LogP contribution >= 0.6 is 0 Å². The number of rotatable bonds is 7. The van der Waals surface area contributed by atoms with E-state index in [0.29, 0.717) is 29.9 Å². The van der Waals surface area contributed by atoms with Gasteiger partial charge in [-0.3, -0.25) is 9.59 Å². The summed E-state index contributed by atoms with van der Waals surface area (Å²) in [6.45, 7) is 4.49. The Balaban J connectivity index is 1.96. The predicted octanol–water partition coefficient (Wildman–Crippen LogP) is 2.84. The van der Waals surface area contributed by atoms with E-state index in [1.165, 1.54) is 12.1 Å². The van der Waals surface area contributed by atoms with E-state index < -0.39 is 18.5 Å². The minimum atomic E-state index is -0.697. The van der Waals surface area contributed by atoms with Crippen LogP contribution in [0.3, 0.4) is 0 Å². The summed E-state index contributed by atoms with van der Waals surface area (Å²) in [5, 5.41) is 11.5. The molecule has 0 aliphatic heterocycles. The van der Waals surface area contributed by atoms with Gasteiger partial charge in [0.1, 0.15) is 0 Å². The highest BCUT2D eigenvalue weighted by Gasteiger charge is 2.14. The number of benzene rings is 2. The van der Waals surface area contributed by atoms with Crippen LogP contribution in [0.1, 0.15) is 40.1 Å². The first-order valence-corrected chi connectivity index (χ1v) is 8.85. The van der Waals surface area contributed by atoms with Crippen LogP contribution in [0.2, 0.25) is 0 Å².